The van der Waals surface area contributed by atoms with E-state index in [-0.39, 0.29) is 6.04 Å². The molecule has 0 spiro atoms. The number of carboxylic acid groups (broad SMARTS) is 1. The van der Waals surface area contributed by atoms with Crippen molar-refractivity contribution in [2.75, 3.05) is 13.1 Å². The molecule has 1 aromatic rings. The van der Waals surface area contributed by atoms with Gasteiger partial charge >= 0.3 is 11.7 Å². The molecule has 1 aliphatic heterocycles. The number of nitrogens with one attached hydrogen (secondary N) is 2. The van der Waals surface area contributed by atoms with Crippen molar-refractivity contribution in [3.63, 3.8) is 0 Å². The molecule has 0 saturated carbocycles. The van der Waals surface area contributed by atoms with E-state index in [9.17, 15) is 14.4 Å². The first kappa shape index (κ1) is 11.6. The van der Waals surface area contributed by atoms with Crippen LogP contribution >= 0.6 is 0 Å². The summed E-state index contributed by atoms with van der Waals surface area (Å²) in [4.78, 5) is 35.7. The maximum atomic E-state index is 11.6. The smallest absolute Gasteiger partial charge is 0.342 e. The molecular weight excluding hydrogens is 226 g/mol. The van der Waals surface area contributed by atoms with Crippen molar-refractivity contribution in [1.29, 1.82) is 0 Å². The molecule has 3 N–H and O–H groups in total. The number of carboxylic acids is 1. The zero-order valence-electron chi connectivity index (χ0n) is 9.10. The Labute approximate surface area is 96.1 Å². The van der Waals surface area contributed by atoms with Crippen LogP contribution in [0.1, 0.15) is 29.2 Å². The van der Waals surface area contributed by atoms with Crippen LogP contribution in [-0.4, -0.2) is 33.7 Å². The van der Waals surface area contributed by atoms with Gasteiger partial charge in [0.15, 0.2) is 0 Å². The molecule has 0 aliphatic carbocycles. The van der Waals surface area contributed by atoms with Gasteiger partial charge in [-0.2, -0.15) is 0 Å². The number of aromatic amines is 1. The molecule has 1 aliphatic rings. The van der Waals surface area contributed by atoms with E-state index in [0.717, 1.165) is 25.6 Å². The SMILES string of the molecule is O=C(O)c1cn([C@@H]2CCCNC2)c(=O)[nH]c1=O. The lowest BCUT2D eigenvalue weighted by Gasteiger charge is -2.24. The van der Waals surface area contributed by atoms with Crippen molar-refractivity contribution in [2.45, 2.75) is 18.9 Å². The van der Waals surface area contributed by atoms with E-state index >= 15 is 0 Å². The molecule has 92 valence electrons. The van der Waals surface area contributed by atoms with Gasteiger partial charge in [0.25, 0.3) is 5.56 Å². The lowest BCUT2D eigenvalue weighted by Crippen LogP contribution is -2.40. The van der Waals surface area contributed by atoms with E-state index in [0.29, 0.717) is 6.54 Å². The Hall–Kier alpha value is -1.89. The second-order valence-electron chi connectivity index (χ2n) is 4.01. The third-order valence-electron chi connectivity index (χ3n) is 2.86. The van der Waals surface area contributed by atoms with E-state index in [4.69, 9.17) is 5.11 Å². The van der Waals surface area contributed by atoms with Gasteiger partial charge in [0, 0.05) is 12.7 Å². The number of H-pyrrole nitrogens is 1. The van der Waals surface area contributed by atoms with Crippen molar-refractivity contribution in [3.8, 4) is 0 Å². The molecule has 0 radical (unpaired) electrons. The fraction of sp³-hybridized carbons (Fsp3) is 0.500. The third-order valence-corrected chi connectivity index (χ3v) is 2.86. The second kappa shape index (κ2) is 4.54. The maximum absolute atomic E-state index is 11.6. The van der Waals surface area contributed by atoms with Crippen LogP contribution < -0.4 is 16.6 Å². The lowest BCUT2D eigenvalue weighted by molar-refractivity contribution is 0.0693. The molecule has 1 atom stereocenters. The van der Waals surface area contributed by atoms with Gasteiger partial charge in [-0.15, -0.1) is 0 Å². The van der Waals surface area contributed by atoms with E-state index in [1.54, 1.807) is 0 Å². The summed E-state index contributed by atoms with van der Waals surface area (Å²) in [6.07, 6.45) is 2.83. The van der Waals surface area contributed by atoms with Crippen molar-refractivity contribution in [1.82, 2.24) is 14.9 Å². The number of carbonyl (C=O) groups is 1. The molecule has 0 bridgehead atoms. The number of aromatic carboxylic acids is 1. The summed E-state index contributed by atoms with van der Waals surface area (Å²) in [7, 11) is 0. The van der Waals surface area contributed by atoms with Crippen LogP contribution in [0.3, 0.4) is 0 Å². The number of nitrogens with zero attached hydrogens (tertiary/aromatic N) is 1. The molecular formula is C10H13N3O4. The number of aromatic nitrogens is 2. The molecule has 1 aromatic heterocycles. The highest BCUT2D eigenvalue weighted by molar-refractivity contribution is 5.86. The summed E-state index contributed by atoms with van der Waals surface area (Å²) in [5.74, 6) is -1.33. The summed E-state index contributed by atoms with van der Waals surface area (Å²) < 4.78 is 1.29. The van der Waals surface area contributed by atoms with Gasteiger partial charge in [-0.25, -0.2) is 9.59 Å². The summed E-state index contributed by atoms with van der Waals surface area (Å²) in [5.41, 5.74) is -1.83. The monoisotopic (exact) mass is 239 g/mol. The molecule has 2 heterocycles. The largest absolute Gasteiger partial charge is 0.477 e. The highest BCUT2D eigenvalue weighted by atomic mass is 16.4. The number of hydrogen-bond donors (Lipinski definition) is 3. The fourth-order valence-corrected chi connectivity index (χ4v) is 1.98. The Morgan fingerprint density at radius 2 is 2.24 bits per heavy atom. The predicted octanol–water partition coefficient (Wildman–Crippen LogP) is -0.841. The molecule has 7 nitrogen and oxygen atoms in total. The van der Waals surface area contributed by atoms with Crippen LogP contribution in [0.5, 0.6) is 0 Å². The first-order chi connectivity index (χ1) is 8.09. The summed E-state index contributed by atoms with van der Waals surface area (Å²) in [6, 6.07) is -0.105. The average molecular weight is 239 g/mol. The quantitative estimate of drug-likeness (QED) is 0.624. The Balaban J connectivity index is 2.46. The highest BCUT2D eigenvalue weighted by Gasteiger charge is 2.19. The van der Waals surface area contributed by atoms with Crippen LogP contribution in [0.15, 0.2) is 15.8 Å². The van der Waals surface area contributed by atoms with E-state index < -0.39 is 22.8 Å². The van der Waals surface area contributed by atoms with E-state index in [2.05, 4.69) is 5.32 Å². The Bertz CT molecular complexity index is 539. The van der Waals surface area contributed by atoms with Gasteiger partial charge in [0.05, 0.1) is 6.04 Å². The predicted molar refractivity (Wildman–Crippen MR) is 59.4 cm³/mol. The summed E-state index contributed by atoms with van der Waals surface area (Å²) in [6.45, 7) is 1.49. The van der Waals surface area contributed by atoms with E-state index in [1.807, 2.05) is 4.98 Å². The normalized spacial score (nSPS) is 20.1. The fourth-order valence-electron chi connectivity index (χ4n) is 1.98. The minimum atomic E-state index is -1.33. The van der Waals surface area contributed by atoms with Crippen LogP contribution in [0.4, 0.5) is 0 Å². The summed E-state index contributed by atoms with van der Waals surface area (Å²) >= 11 is 0. The lowest BCUT2D eigenvalue weighted by atomic mass is 10.1. The molecule has 1 fully saturated rings. The topological polar surface area (TPSA) is 104 Å². The van der Waals surface area contributed by atoms with Crippen molar-refractivity contribution >= 4 is 5.97 Å². The van der Waals surface area contributed by atoms with Gasteiger partial charge in [-0.1, -0.05) is 0 Å². The standard InChI is InChI=1S/C10H13N3O4/c14-8-7(9(15)16)5-13(10(17)12-8)6-2-1-3-11-4-6/h5-6,11H,1-4H2,(H,15,16)(H,12,14,17)/t6-/m1/s1. The molecule has 7 heteroatoms. The third kappa shape index (κ3) is 2.28. The summed E-state index contributed by atoms with van der Waals surface area (Å²) in [5, 5.41) is 12.0. The van der Waals surface area contributed by atoms with E-state index in [1.165, 1.54) is 4.57 Å². The van der Waals surface area contributed by atoms with Gasteiger partial charge in [-0.05, 0) is 19.4 Å². The first-order valence-electron chi connectivity index (χ1n) is 5.39. The molecule has 2 rings (SSSR count). The van der Waals surface area contributed by atoms with Gasteiger partial charge in [0.1, 0.15) is 5.56 Å². The molecule has 0 amide bonds. The first-order valence-corrected chi connectivity index (χ1v) is 5.39. The van der Waals surface area contributed by atoms with Crippen LogP contribution in [0.2, 0.25) is 0 Å². The Kier molecular flexibility index (Phi) is 3.10. The molecule has 17 heavy (non-hydrogen) atoms. The van der Waals surface area contributed by atoms with Crippen molar-refractivity contribution in [2.24, 2.45) is 0 Å². The minimum Gasteiger partial charge on any atom is -0.477 e. The Morgan fingerprint density at radius 1 is 1.47 bits per heavy atom. The minimum absolute atomic E-state index is 0.105. The molecule has 0 unspecified atom stereocenters. The van der Waals surface area contributed by atoms with Crippen LogP contribution in [0, 0.1) is 0 Å². The van der Waals surface area contributed by atoms with Crippen LogP contribution in [-0.2, 0) is 0 Å². The zero-order valence-corrected chi connectivity index (χ0v) is 9.10. The Morgan fingerprint density at radius 3 is 2.82 bits per heavy atom. The maximum Gasteiger partial charge on any atom is 0.342 e. The molecule has 0 aromatic carbocycles. The molecule has 1 saturated heterocycles. The highest BCUT2D eigenvalue weighted by Crippen LogP contribution is 2.13. The number of hydrogen-bond acceptors (Lipinski definition) is 4. The second-order valence-corrected chi connectivity index (χ2v) is 4.01. The van der Waals surface area contributed by atoms with Gasteiger partial charge in [-0.3, -0.25) is 14.3 Å². The van der Waals surface area contributed by atoms with Crippen molar-refractivity contribution in [3.05, 3.63) is 32.6 Å². The van der Waals surface area contributed by atoms with Gasteiger partial charge < -0.3 is 10.4 Å². The zero-order chi connectivity index (χ0) is 12.4. The number of piperidine rings is 1. The van der Waals surface area contributed by atoms with Gasteiger partial charge in [0.2, 0.25) is 0 Å². The van der Waals surface area contributed by atoms with Crippen LogP contribution in [0.25, 0.3) is 0 Å². The average Bonchev–Trinajstić information content (AvgIpc) is 2.29. The number of rotatable bonds is 2. The van der Waals surface area contributed by atoms with Crippen molar-refractivity contribution < 1.29 is 9.90 Å².